The Bertz CT molecular complexity index is 518. The van der Waals surface area contributed by atoms with E-state index in [0.29, 0.717) is 10.9 Å². The molecule has 6 heteroatoms. The Kier molecular flexibility index (Phi) is 2.98. The van der Waals surface area contributed by atoms with Gasteiger partial charge in [0.1, 0.15) is 11.7 Å². The number of nitrogens with two attached hydrogens (primary N) is 1. The Morgan fingerprint density at radius 2 is 1.88 bits per heavy atom. The van der Waals surface area contributed by atoms with Crippen LogP contribution in [0.5, 0.6) is 0 Å². The zero-order chi connectivity index (χ0) is 11.7. The summed E-state index contributed by atoms with van der Waals surface area (Å²) in [6.07, 6.45) is -2.71. The predicted molar refractivity (Wildman–Crippen MR) is 57.5 cm³/mol. The van der Waals surface area contributed by atoms with Gasteiger partial charge in [-0.1, -0.05) is 29.8 Å². The van der Waals surface area contributed by atoms with E-state index >= 15 is 0 Å². The maximum atomic E-state index is 12.4. The highest BCUT2D eigenvalue weighted by Gasteiger charge is 2.23. The molecule has 0 aliphatic carbocycles. The number of rotatable bonds is 2. The molecule has 84 valence electrons. The van der Waals surface area contributed by atoms with E-state index in [-0.39, 0.29) is 10.7 Å². The van der Waals surface area contributed by atoms with Gasteiger partial charge in [0.2, 0.25) is 0 Å². The lowest BCUT2D eigenvalue weighted by Gasteiger charge is -2.11. The van der Waals surface area contributed by atoms with E-state index in [9.17, 15) is 8.78 Å². The summed E-state index contributed by atoms with van der Waals surface area (Å²) in [6, 6.07) is 5.39. The fourth-order valence-electron chi connectivity index (χ4n) is 1.37. The summed E-state index contributed by atoms with van der Waals surface area (Å²) < 4.78 is 24.9. The van der Waals surface area contributed by atoms with E-state index in [0.717, 1.165) is 0 Å². The van der Waals surface area contributed by atoms with Crippen LogP contribution in [0.3, 0.4) is 0 Å². The third-order valence-electron chi connectivity index (χ3n) is 2.22. The highest BCUT2D eigenvalue weighted by Crippen LogP contribution is 2.29. The topological polar surface area (TPSA) is 51.8 Å². The molecule has 1 aromatic heterocycles. The second-order valence-corrected chi connectivity index (χ2v) is 3.65. The molecule has 0 aliphatic heterocycles. The monoisotopic (exact) mass is 243 g/mol. The first-order valence-corrected chi connectivity index (χ1v) is 4.93. The first-order valence-electron chi connectivity index (χ1n) is 4.56. The van der Waals surface area contributed by atoms with Crippen molar-refractivity contribution in [2.45, 2.75) is 12.5 Å². The molecule has 1 unspecified atom stereocenters. The Morgan fingerprint density at radius 1 is 1.19 bits per heavy atom. The van der Waals surface area contributed by atoms with Gasteiger partial charge in [-0.3, -0.25) is 0 Å². The SMILES string of the molecule is NC(c1nnc2ccccc2c1Cl)C(F)F. The van der Waals surface area contributed by atoms with Crippen molar-refractivity contribution in [2.24, 2.45) is 5.73 Å². The minimum atomic E-state index is -2.71. The number of alkyl halides is 2. The fourth-order valence-corrected chi connectivity index (χ4v) is 1.69. The van der Waals surface area contributed by atoms with E-state index in [1.165, 1.54) is 0 Å². The van der Waals surface area contributed by atoms with Crippen molar-refractivity contribution in [3.8, 4) is 0 Å². The lowest BCUT2D eigenvalue weighted by molar-refractivity contribution is 0.114. The second-order valence-electron chi connectivity index (χ2n) is 3.28. The summed E-state index contributed by atoms with van der Waals surface area (Å²) >= 11 is 5.96. The zero-order valence-electron chi connectivity index (χ0n) is 8.07. The molecule has 2 rings (SSSR count). The van der Waals surface area contributed by atoms with Crippen molar-refractivity contribution in [3.05, 3.63) is 35.0 Å². The summed E-state index contributed by atoms with van der Waals surface area (Å²) in [5, 5.41) is 8.15. The van der Waals surface area contributed by atoms with E-state index in [4.69, 9.17) is 17.3 Å². The Balaban J connectivity index is 2.61. The minimum absolute atomic E-state index is 0.0737. The summed E-state index contributed by atoms with van der Waals surface area (Å²) in [7, 11) is 0. The lowest BCUT2D eigenvalue weighted by atomic mass is 10.1. The Morgan fingerprint density at radius 3 is 2.56 bits per heavy atom. The maximum absolute atomic E-state index is 12.4. The molecular weight excluding hydrogens is 236 g/mol. The van der Waals surface area contributed by atoms with Gasteiger partial charge in [0, 0.05) is 5.39 Å². The second kappa shape index (κ2) is 4.27. The molecule has 0 saturated carbocycles. The van der Waals surface area contributed by atoms with Crippen molar-refractivity contribution >= 4 is 22.5 Å². The largest absolute Gasteiger partial charge is 0.318 e. The molecule has 3 nitrogen and oxygen atoms in total. The normalized spacial score (nSPS) is 13.3. The van der Waals surface area contributed by atoms with Crippen LogP contribution in [-0.4, -0.2) is 16.6 Å². The third-order valence-corrected chi connectivity index (χ3v) is 2.62. The van der Waals surface area contributed by atoms with Crippen LogP contribution in [0.1, 0.15) is 11.7 Å². The third kappa shape index (κ3) is 1.83. The van der Waals surface area contributed by atoms with Crippen LogP contribution >= 0.6 is 11.6 Å². The standard InChI is InChI=1S/C10H8ClF2N3/c11-7-5-3-1-2-4-6(5)15-16-9(7)8(14)10(12)13/h1-4,8,10H,14H2. The van der Waals surface area contributed by atoms with Gasteiger partial charge < -0.3 is 5.73 Å². The molecule has 2 N–H and O–H groups in total. The first kappa shape index (κ1) is 11.2. The van der Waals surface area contributed by atoms with E-state index in [1.54, 1.807) is 24.3 Å². The van der Waals surface area contributed by atoms with Crippen LogP contribution in [0.15, 0.2) is 24.3 Å². The van der Waals surface area contributed by atoms with Gasteiger partial charge in [-0.25, -0.2) is 8.78 Å². The molecule has 0 spiro atoms. The van der Waals surface area contributed by atoms with E-state index in [1.807, 2.05) is 0 Å². The molecule has 0 radical (unpaired) electrons. The molecule has 1 aromatic carbocycles. The summed E-state index contributed by atoms with van der Waals surface area (Å²) in [5.41, 5.74) is 5.77. The molecule has 1 atom stereocenters. The molecule has 0 bridgehead atoms. The van der Waals surface area contributed by atoms with Crippen molar-refractivity contribution in [3.63, 3.8) is 0 Å². The van der Waals surface area contributed by atoms with Crippen LogP contribution in [0.25, 0.3) is 10.9 Å². The average Bonchev–Trinajstić information content (AvgIpc) is 2.29. The minimum Gasteiger partial charge on any atom is -0.318 e. The van der Waals surface area contributed by atoms with Gasteiger partial charge in [-0.05, 0) is 6.07 Å². The lowest BCUT2D eigenvalue weighted by Crippen LogP contribution is -2.21. The molecule has 0 aliphatic rings. The van der Waals surface area contributed by atoms with Gasteiger partial charge in [-0.2, -0.15) is 10.2 Å². The maximum Gasteiger partial charge on any atom is 0.259 e. The van der Waals surface area contributed by atoms with Gasteiger partial charge >= 0.3 is 0 Å². The van der Waals surface area contributed by atoms with Crippen LogP contribution in [0.4, 0.5) is 8.78 Å². The van der Waals surface area contributed by atoms with Crippen LogP contribution in [-0.2, 0) is 0 Å². The number of hydrogen-bond acceptors (Lipinski definition) is 3. The summed E-state index contributed by atoms with van der Waals surface area (Å²) in [6.45, 7) is 0. The number of aromatic nitrogens is 2. The summed E-state index contributed by atoms with van der Waals surface area (Å²) in [4.78, 5) is 0. The van der Waals surface area contributed by atoms with Gasteiger partial charge in [-0.15, -0.1) is 0 Å². The van der Waals surface area contributed by atoms with Crippen molar-refractivity contribution in [2.75, 3.05) is 0 Å². The molecule has 0 amide bonds. The fraction of sp³-hybridized carbons (Fsp3) is 0.200. The molecule has 0 fully saturated rings. The molecule has 1 heterocycles. The van der Waals surface area contributed by atoms with Crippen LogP contribution in [0, 0.1) is 0 Å². The zero-order valence-corrected chi connectivity index (χ0v) is 8.83. The average molecular weight is 244 g/mol. The Labute approximate surface area is 95.2 Å². The number of nitrogens with zero attached hydrogens (tertiary/aromatic N) is 2. The highest BCUT2D eigenvalue weighted by atomic mass is 35.5. The molecular formula is C10H8ClF2N3. The molecule has 0 saturated heterocycles. The number of fused-ring (bicyclic) bond motifs is 1. The van der Waals surface area contributed by atoms with Gasteiger partial charge in [0.25, 0.3) is 6.43 Å². The number of hydrogen-bond donors (Lipinski definition) is 1. The van der Waals surface area contributed by atoms with E-state index < -0.39 is 12.5 Å². The summed E-state index contributed by atoms with van der Waals surface area (Å²) in [5.74, 6) is 0. The van der Waals surface area contributed by atoms with Crippen molar-refractivity contribution in [1.29, 1.82) is 0 Å². The molecule has 16 heavy (non-hydrogen) atoms. The highest BCUT2D eigenvalue weighted by molar-refractivity contribution is 6.35. The van der Waals surface area contributed by atoms with Crippen LogP contribution < -0.4 is 5.73 Å². The predicted octanol–water partition coefficient (Wildman–Crippen LogP) is 2.55. The van der Waals surface area contributed by atoms with Crippen molar-refractivity contribution in [1.82, 2.24) is 10.2 Å². The smallest absolute Gasteiger partial charge is 0.259 e. The Hall–Kier alpha value is -1.33. The number of halogens is 3. The number of benzene rings is 1. The van der Waals surface area contributed by atoms with Gasteiger partial charge in [0.15, 0.2) is 0 Å². The van der Waals surface area contributed by atoms with Gasteiger partial charge in [0.05, 0.1) is 10.5 Å². The van der Waals surface area contributed by atoms with E-state index in [2.05, 4.69) is 10.2 Å². The van der Waals surface area contributed by atoms with Crippen molar-refractivity contribution < 1.29 is 8.78 Å². The van der Waals surface area contributed by atoms with Crippen LogP contribution in [0.2, 0.25) is 5.02 Å². The quantitative estimate of drug-likeness (QED) is 0.882. The molecule has 2 aromatic rings. The first-order chi connectivity index (χ1) is 7.61.